The summed E-state index contributed by atoms with van der Waals surface area (Å²) in [5, 5.41) is 33.0. The van der Waals surface area contributed by atoms with Gasteiger partial charge in [-0.3, -0.25) is 9.09 Å². The summed E-state index contributed by atoms with van der Waals surface area (Å²) in [6.07, 6.45) is -5.85. The van der Waals surface area contributed by atoms with E-state index in [-0.39, 0.29) is 34.6 Å². The monoisotopic (exact) mass is 660 g/mol. The molecule has 3 heterocycles. The van der Waals surface area contributed by atoms with Gasteiger partial charge in [-0.05, 0) is 35.4 Å². The van der Waals surface area contributed by atoms with Crippen molar-refractivity contribution in [2.75, 3.05) is 17.8 Å². The van der Waals surface area contributed by atoms with Gasteiger partial charge in [-0.1, -0.05) is 53.2 Å². The number of rotatable bonds is 11. The Kier molecular flexibility index (Phi) is 9.16. The molecule has 0 aliphatic carbocycles. The normalized spacial score (nSPS) is 22.2. The number of hydrogen-bond acceptors (Lipinski definition) is 12. The number of nitrogens with one attached hydrogen (secondary N) is 1. The fourth-order valence-corrected chi connectivity index (χ4v) is 7.74. The predicted molar refractivity (Wildman–Crippen MR) is 150 cm³/mol. The molecule has 2 aromatic carbocycles. The zero-order valence-corrected chi connectivity index (χ0v) is 24.6. The van der Waals surface area contributed by atoms with E-state index in [9.17, 15) is 29.1 Å². The van der Waals surface area contributed by atoms with Crippen molar-refractivity contribution in [2.24, 2.45) is 0 Å². The van der Waals surface area contributed by atoms with E-state index >= 15 is 0 Å². The molecule has 5 rings (SSSR count). The molecule has 0 bridgehead atoms. The van der Waals surface area contributed by atoms with Crippen LogP contribution in [-0.2, 0) is 24.9 Å². The highest BCUT2D eigenvalue weighted by Crippen LogP contribution is 2.59. The van der Waals surface area contributed by atoms with Crippen molar-refractivity contribution in [3.8, 4) is 5.75 Å². The smallest absolute Gasteiger partial charge is 0.391 e. The SMILES string of the molecule is O=P(O)(O)CP(=O)(OC[C@H]1O[C@@H](n2nnc3c(NCc4ccccc4Cl)nc(Cl)nc32)[C@H](O)[C@@H]1O)Oc1ccccc1. The van der Waals surface area contributed by atoms with Crippen LogP contribution in [0.15, 0.2) is 54.6 Å². The summed E-state index contributed by atoms with van der Waals surface area (Å²) in [6.45, 7) is -0.388. The lowest BCUT2D eigenvalue weighted by Crippen LogP contribution is -2.34. The largest absolute Gasteiger partial charge is 0.424 e. The van der Waals surface area contributed by atoms with E-state index < -0.39 is 52.2 Å². The van der Waals surface area contributed by atoms with Crippen LogP contribution in [0.3, 0.4) is 0 Å². The van der Waals surface area contributed by atoms with Crippen LogP contribution in [0.5, 0.6) is 5.75 Å². The predicted octanol–water partition coefficient (Wildman–Crippen LogP) is 3.18. The zero-order chi connectivity index (χ0) is 30.1. The van der Waals surface area contributed by atoms with Gasteiger partial charge in [-0.15, -0.1) is 5.10 Å². The van der Waals surface area contributed by atoms with E-state index in [0.717, 1.165) is 10.2 Å². The van der Waals surface area contributed by atoms with Crippen LogP contribution in [0.25, 0.3) is 11.2 Å². The summed E-state index contributed by atoms with van der Waals surface area (Å²) in [5.41, 5.74) is 1.02. The summed E-state index contributed by atoms with van der Waals surface area (Å²) in [4.78, 5) is 27.2. The number of ether oxygens (including phenoxy) is 1. The highest BCUT2D eigenvalue weighted by Gasteiger charge is 2.47. The van der Waals surface area contributed by atoms with Gasteiger partial charge >= 0.3 is 15.2 Å². The molecule has 1 aliphatic rings. The summed E-state index contributed by atoms with van der Waals surface area (Å²) >= 11 is 12.4. The Morgan fingerprint density at radius 3 is 2.43 bits per heavy atom. The first-order chi connectivity index (χ1) is 19.9. The molecule has 4 aromatic rings. The maximum absolute atomic E-state index is 13.3. The lowest BCUT2D eigenvalue weighted by atomic mass is 10.1. The van der Waals surface area contributed by atoms with Gasteiger partial charge in [0.25, 0.3) is 0 Å². The molecule has 15 nitrogen and oxygen atoms in total. The molecule has 0 spiro atoms. The summed E-state index contributed by atoms with van der Waals surface area (Å²) in [7, 11) is -9.31. The summed E-state index contributed by atoms with van der Waals surface area (Å²) in [6, 6.07) is 14.8. The van der Waals surface area contributed by atoms with Gasteiger partial charge in [0.1, 0.15) is 24.1 Å². The Balaban J connectivity index is 1.34. The molecule has 0 saturated carbocycles. The number of aliphatic hydroxyl groups excluding tert-OH is 2. The van der Waals surface area contributed by atoms with Gasteiger partial charge in [0, 0.05) is 11.6 Å². The Morgan fingerprint density at radius 2 is 1.71 bits per heavy atom. The van der Waals surface area contributed by atoms with E-state index in [1.54, 1.807) is 30.3 Å². The van der Waals surface area contributed by atoms with Gasteiger partial charge < -0.3 is 34.6 Å². The standard InChI is InChI=1S/C23H24Cl2N6O9P2/c24-15-9-5-4-6-13(15)10-26-20-17-21(28-23(25)27-20)31(30-29-17)22-19(33)18(32)16(39-22)11-38-42(37,12-41(34,35)36)40-14-7-2-1-3-8-14/h1-9,16,18-19,22,32-33H,10-12H2,(H,26,27,28)(H2,34,35,36)/t16-,18-,19-,22-,42?/m1/s1. The molecule has 19 heteroatoms. The molecule has 0 radical (unpaired) electrons. The number of fused-ring (bicyclic) bond motifs is 1. The zero-order valence-electron chi connectivity index (χ0n) is 21.3. The van der Waals surface area contributed by atoms with Crippen LogP contribution in [0.2, 0.25) is 10.3 Å². The number of aromatic nitrogens is 5. The van der Waals surface area contributed by atoms with Crippen molar-refractivity contribution < 1.29 is 42.9 Å². The summed E-state index contributed by atoms with van der Waals surface area (Å²) in [5.74, 6) is -0.957. The third-order valence-corrected chi connectivity index (χ3v) is 10.5. The third-order valence-electron chi connectivity index (χ3n) is 6.06. The molecule has 1 unspecified atom stereocenters. The molecule has 1 saturated heterocycles. The van der Waals surface area contributed by atoms with E-state index in [1.165, 1.54) is 12.1 Å². The minimum Gasteiger partial charge on any atom is -0.424 e. The van der Waals surface area contributed by atoms with Gasteiger partial charge in [0.15, 0.2) is 29.1 Å². The second kappa shape index (κ2) is 12.5. The van der Waals surface area contributed by atoms with E-state index in [2.05, 4.69) is 25.6 Å². The molecule has 0 amide bonds. The second-order valence-corrected chi connectivity index (χ2v) is 14.0. The third kappa shape index (κ3) is 7.09. The fraction of sp³-hybridized carbons (Fsp3) is 0.304. The minimum atomic E-state index is -4.86. The average Bonchev–Trinajstić information content (AvgIpc) is 3.46. The van der Waals surface area contributed by atoms with E-state index in [1.807, 2.05) is 12.1 Å². The second-order valence-electron chi connectivity index (χ2n) is 9.16. The van der Waals surface area contributed by atoms with Crippen LogP contribution < -0.4 is 9.84 Å². The minimum absolute atomic E-state index is 0.0460. The van der Waals surface area contributed by atoms with Crippen LogP contribution >= 0.6 is 38.4 Å². The van der Waals surface area contributed by atoms with Crippen molar-refractivity contribution in [3.63, 3.8) is 0 Å². The Labute approximate surface area is 248 Å². The van der Waals surface area contributed by atoms with Crippen LogP contribution in [0, 0.1) is 0 Å². The number of para-hydroxylation sites is 1. The molecule has 5 atom stereocenters. The number of nitrogens with zero attached hydrogens (tertiary/aromatic N) is 5. The van der Waals surface area contributed by atoms with Gasteiger partial charge in [0.05, 0.1) is 6.61 Å². The fourth-order valence-electron chi connectivity index (χ4n) is 4.14. The highest BCUT2D eigenvalue weighted by atomic mass is 35.5. The van der Waals surface area contributed by atoms with Crippen molar-refractivity contribution in [2.45, 2.75) is 31.1 Å². The average molecular weight is 661 g/mol. The first-order valence-corrected chi connectivity index (χ1v) is 16.5. The van der Waals surface area contributed by atoms with E-state index in [0.29, 0.717) is 5.02 Å². The van der Waals surface area contributed by atoms with Crippen LogP contribution in [0.1, 0.15) is 11.8 Å². The molecular formula is C23H24Cl2N6O9P2. The lowest BCUT2D eigenvalue weighted by molar-refractivity contribution is -0.0548. The van der Waals surface area contributed by atoms with Crippen molar-refractivity contribution in [1.29, 1.82) is 0 Å². The van der Waals surface area contributed by atoms with Crippen molar-refractivity contribution in [1.82, 2.24) is 25.0 Å². The number of aliphatic hydroxyl groups is 2. The maximum Gasteiger partial charge on any atom is 0.391 e. The molecular weight excluding hydrogens is 637 g/mol. The topological polar surface area (TPSA) is 211 Å². The number of hydrogen-bond donors (Lipinski definition) is 5. The van der Waals surface area contributed by atoms with Gasteiger partial charge in [-0.25, -0.2) is 4.57 Å². The molecule has 1 fully saturated rings. The summed E-state index contributed by atoms with van der Waals surface area (Å²) < 4.78 is 42.4. The lowest BCUT2D eigenvalue weighted by Gasteiger charge is -2.22. The Bertz CT molecular complexity index is 1660. The Morgan fingerprint density at radius 1 is 1.00 bits per heavy atom. The van der Waals surface area contributed by atoms with Crippen LogP contribution in [-0.4, -0.2) is 75.8 Å². The molecule has 2 aromatic heterocycles. The van der Waals surface area contributed by atoms with E-state index in [4.69, 9.17) is 37.0 Å². The molecule has 224 valence electrons. The highest BCUT2D eigenvalue weighted by molar-refractivity contribution is 7.70. The first kappa shape index (κ1) is 30.8. The van der Waals surface area contributed by atoms with Crippen molar-refractivity contribution >= 4 is 55.4 Å². The first-order valence-electron chi connectivity index (χ1n) is 12.2. The maximum atomic E-state index is 13.3. The van der Waals surface area contributed by atoms with Gasteiger partial charge in [0.2, 0.25) is 5.28 Å². The molecule has 5 N–H and O–H groups in total. The number of anilines is 1. The number of halogens is 2. The molecule has 42 heavy (non-hydrogen) atoms. The van der Waals surface area contributed by atoms with Crippen molar-refractivity contribution in [3.05, 3.63) is 70.5 Å². The van der Waals surface area contributed by atoms with Crippen LogP contribution in [0.4, 0.5) is 5.82 Å². The number of benzene rings is 2. The van der Waals surface area contributed by atoms with Gasteiger partial charge in [-0.2, -0.15) is 14.6 Å². The Hall–Kier alpha value is -2.68. The molecule has 1 aliphatic heterocycles. The quantitative estimate of drug-likeness (QED) is 0.115.